The Kier molecular flexibility index (Phi) is 5.15. The van der Waals surface area contributed by atoms with Crippen LogP contribution in [0.3, 0.4) is 0 Å². The molecule has 21 heavy (non-hydrogen) atoms. The molecule has 2 nitrogen and oxygen atoms in total. The van der Waals surface area contributed by atoms with Crippen molar-refractivity contribution in [2.24, 2.45) is 0 Å². The van der Waals surface area contributed by atoms with Crippen LogP contribution in [-0.2, 0) is 12.8 Å². The van der Waals surface area contributed by atoms with Gasteiger partial charge in [-0.3, -0.25) is 0 Å². The van der Waals surface area contributed by atoms with Gasteiger partial charge in [-0.15, -0.1) is 0 Å². The van der Waals surface area contributed by atoms with Gasteiger partial charge in [0.15, 0.2) is 11.6 Å². The summed E-state index contributed by atoms with van der Waals surface area (Å²) in [5.41, 5.74) is 0.627. The Morgan fingerprint density at radius 1 is 1.05 bits per heavy atom. The average molecular weight is 313 g/mol. The van der Waals surface area contributed by atoms with Gasteiger partial charge in [-0.2, -0.15) is 0 Å². The summed E-state index contributed by atoms with van der Waals surface area (Å²) in [7, 11) is 1.37. The standard InChI is InChI=1S/C16H15ClF2O2/c1-21-14-7-3-5-11(16(14)19)9-12(20)8-10-4-2-6-13(17)15(10)18/h2-7,12,20H,8-9H2,1H3. The minimum absolute atomic E-state index is 0.00672. The third-order valence-corrected chi connectivity index (χ3v) is 3.50. The van der Waals surface area contributed by atoms with Gasteiger partial charge < -0.3 is 9.84 Å². The van der Waals surface area contributed by atoms with Crippen LogP contribution < -0.4 is 4.74 Å². The lowest BCUT2D eigenvalue weighted by atomic mass is 10.0. The molecule has 112 valence electrons. The summed E-state index contributed by atoms with van der Waals surface area (Å²) in [6, 6.07) is 9.31. The zero-order chi connectivity index (χ0) is 15.4. The van der Waals surface area contributed by atoms with Crippen molar-refractivity contribution in [3.8, 4) is 5.75 Å². The minimum Gasteiger partial charge on any atom is -0.494 e. The molecule has 2 aromatic rings. The van der Waals surface area contributed by atoms with Crippen molar-refractivity contribution in [1.29, 1.82) is 0 Å². The first-order valence-electron chi connectivity index (χ1n) is 6.45. The number of halogens is 3. The third kappa shape index (κ3) is 3.71. The highest BCUT2D eigenvalue weighted by atomic mass is 35.5. The number of hydrogen-bond donors (Lipinski definition) is 1. The molecule has 0 aromatic heterocycles. The Hall–Kier alpha value is -1.65. The van der Waals surface area contributed by atoms with Crippen LogP contribution in [0.25, 0.3) is 0 Å². The van der Waals surface area contributed by atoms with Gasteiger partial charge in [0.25, 0.3) is 0 Å². The Morgan fingerprint density at radius 3 is 2.24 bits per heavy atom. The van der Waals surface area contributed by atoms with Crippen LogP contribution in [0.1, 0.15) is 11.1 Å². The summed E-state index contributed by atoms with van der Waals surface area (Å²) in [5.74, 6) is -0.941. The van der Waals surface area contributed by atoms with Gasteiger partial charge in [-0.05, 0) is 23.3 Å². The minimum atomic E-state index is -0.917. The first kappa shape index (κ1) is 15.7. The number of hydrogen-bond acceptors (Lipinski definition) is 2. The molecule has 2 rings (SSSR count). The highest BCUT2D eigenvalue weighted by Crippen LogP contribution is 2.23. The summed E-state index contributed by atoms with van der Waals surface area (Å²) in [6.07, 6.45) is -0.794. The second-order valence-corrected chi connectivity index (χ2v) is 5.12. The van der Waals surface area contributed by atoms with Crippen molar-refractivity contribution in [2.45, 2.75) is 18.9 Å². The highest BCUT2D eigenvalue weighted by Gasteiger charge is 2.15. The second kappa shape index (κ2) is 6.87. The van der Waals surface area contributed by atoms with E-state index in [0.29, 0.717) is 11.1 Å². The van der Waals surface area contributed by atoms with Crippen molar-refractivity contribution < 1.29 is 18.6 Å². The van der Waals surface area contributed by atoms with Crippen molar-refractivity contribution in [2.75, 3.05) is 7.11 Å². The molecule has 1 atom stereocenters. The highest BCUT2D eigenvalue weighted by molar-refractivity contribution is 6.30. The fraction of sp³-hybridized carbons (Fsp3) is 0.250. The summed E-state index contributed by atoms with van der Waals surface area (Å²) in [5, 5.41) is 10.0. The molecule has 0 aliphatic rings. The second-order valence-electron chi connectivity index (χ2n) is 4.71. The molecule has 5 heteroatoms. The number of aliphatic hydroxyl groups excluding tert-OH is 1. The van der Waals surface area contributed by atoms with Crippen LogP contribution in [-0.4, -0.2) is 18.3 Å². The van der Waals surface area contributed by atoms with E-state index in [4.69, 9.17) is 16.3 Å². The van der Waals surface area contributed by atoms with E-state index in [2.05, 4.69) is 0 Å². The quantitative estimate of drug-likeness (QED) is 0.910. The van der Waals surface area contributed by atoms with Gasteiger partial charge in [0.1, 0.15) is 5.82 Å². The molecule has 0 saturated carbocycles. The third-order valence-electron chi connectivity index (χ3n) is 3.21. The van der Waals surface area contributed by atoms with E-state index >= 15 is 0 Å². The van der Waals surface area contributed by atoms with E-state index in [9.17, 15) is 13.9 Å². The smallest absolute Gasteiger partial charge is 0.168 e. The fourth-order valence-electron chi connectivity index (χ4n) is 2.16. The molecule has 2 aromatic carbocycles. The maximum atomic E-state index is 14.0. The number of rotatable bonds is 5. The molecule has 0 fully saturated rings. The van der Waals surface area contributed by atoms with E-state index in [-0.39, 0.29) is 23.6 Å². The molecule has 0 aliphatic carbocycles. The predicted octanol–water partition coefficient (Wildman–Crippen LogP) is 3.77. The molecule has 0 spiro atoms. The van der Waals surface area contributed by atoms with Gasteiger partial charge >= 0.3 is 0 Å². The number of ether oxygens (including phenoxy) is 1. The Morgan fingerprint density at radius 2 is 1.62 bits per heavy atom. The van der Waals surface area contributed by atoms with E-state index in [1.54, 1.807) is 24.3 Å². The van der Waals surface area contributed by atoms with Gasteiger partial charge in [0.05, 0.1) is 18.2 Å². The molecule has 0 aliphatic heterocycles. The van der Waals surface area contributed by atoms with Gasteiger partial charge in [-0.25, -0.2) is 8.78 Å². The first-order valence-corrected chi connectivity index (χ1v) is 6.83. The zero-order valence-electron chi connectivity index (χ0n) is 11.4. The lowest BCUT2D eigenvalue weighted by molar-refractivity contribution is 0.172. The van der Waals surface area contributed by atoms with Gasteiger partial charge in [-0.1, -0.05) is 35.9 Å². The van der Waals surface area contributed by atoms with Gasteiger partial charge in [0.2, 0.25) is 0 Å². The average Bonchev–Trinajstić information content (AvgIpc) is 2.46. The van der Waals surface area contributed by atoms with E-state index in [1.807, 2.05) is 0 Å². The Labute approximate surface area is 126 Å². The van der Waals surface area contributed by atoms with E-state index < -0.39 is 17.7 Å². The summed E-state index contributed by atoms with van der Waals surface area (Å²) in [4.78, 5) is 0. The molecule has 0 heterocycles. The summed E-state index contributed by atoms with van der Waals surface area (Å²) >= 11 is 5.69. The molecule has 1 N–H and O–H groups in total. The molecule has 1 unspecified atom stereocenters. The zero-order valence-corrected chi connectivity index (χ0v) is 12.2. The number of benzene rings is 2. The molecule has 0 bridgehead atoms. The van der Waals surface area contributed by atoms with Crippen LogP contribution in [0.5, 0.6) is 5.75 Å². The molecular formula is C16H15ClF2O2. The summed E-state index contributed by atoms with van der Waals surface area (Å²) < 4.78 is 32.6. The maximum Gasteiger partial charge on any atom is 0.168 e. The van der Waals surface area contributed by atoms with Crippen LogP contribution in [0.15, 0.2) is 36.4 Å². The molecule has 0 amide bonds. The number of aliphatic hydroxyl groups is 1. The van der Waals surface area contributed by atoms with E-state index in [0.717, 1.165) is 0 Å². The molecule has 0 radical (unpaired) electrons. The van der Waals surface area contributed by atoms with Crippen molar-refractivity contribution in [3.63, 3.8) is 0 Å². The first-order chi connectivity index (χ1) is 10.0. The monoisotopic (exact) mass is 312 g/mol. The van der Waals surface area contributed by atoms with E-state index in [1.165, 1.54) is 19.2 Å². The topological polar surface area (TPSA) is 29.5 Å². The summed E-state index contributed by atoms with van der Waals surface area (Å²) in [6.45, 7) is 0. The normalized spacial score (nSPS) is 12.2. The van der Waals surface area contributed by atoms with Crippen molar-refractivity contribution >= 4 is 11.6 Å². The SMILES string of the molecule is COc1cccc(CC(O)Cc2cccc(Cl)c2F)c1F. The predicted molar refractivity (Wildman–Crippen MR) is 77.8 cm³/mol. The molecule has 0 saturated heterocycles. The largest absolute Gasteiger partial charge is 0.494 e. The van der Waals surface area contributed by atoms with Crippen molar-refractivity contribution in [1.82, 2.24) is 0 Å². The van der Waals surface area contributed by atoms with Crippen molar-refractivity contribution in [3.05, 3.63) is 64.2 Å². The maximum absolute atomic E-state index is 14.0. The van der Waals surface area contributed by atoms with Crippen LogP contribution >= 0.6 is 11.6 Å². The van der Waals surface area contributed by atoms with Crippen LogP contribution in [0.4, 0.5) is 8.78 Å². The Bertz CT molecular complexity index is 632. The number of methoxy groups -OCH3 is 1. The van der Waals surface area contributed by atoms with Gasteiger partial charge in [0, 0.05) is 12.8 Å². The molecular weight excluding hydrogens is 298 g/mol. The van der Waals surface area contributed by atoms with Crippen LogP contribution in [0.2, 0.25) is 5.02 Å². The van der Waals surface area contributed by atoms with Crippen LogP contribution in [0, 0.1) is 11.6 Å². The lowest BCUT2D eigenvalue weighted by Crippen LogP contribution is -2.16. The fourth-order valence-corrected chi connectivity index (χ4v) is 2.35. The lowest BCUT2D eigenvalue weighted by Gasteiger charge is -2.13. The Balaban J connectivity index is 2.12.